The molecule has 0 fully saturated rings. The molecule has 1 aromatic carbocycles. The highest BCUT2D eigenvalue weighted by Gasteiger charge is 2.05. The fourth-order valence-corrected chi connectivity index (χ4v) is 1.29. The number of halogens is 2. The lowest BCUT2D eigenvalue weighted by atomic mass is 10.3. The Morgan fingerprint density at radius 3 is 2.64 bits per heavy atom. The molecule has 0 aliphatic rings. The number of nitrogens with zero attached hydrogens (tertiary/aromatic N) is 1. The lowest BCUT2D eigenvalue weighted by molar-refractivity contribution is 0.428. The number of fused-ring (bicyclic) bond motifs is 1. The van der Waals surface area contributed by atoms with Crippen LogP contribution in [0, 0.1) is 0 Å². The minimum absolute atomic E-state index is 0.554. The second-order valence-electron chi connectivity index (χ2n) is 2.11. The van der Waals surface area contributed by atoms with E-state index in [0.717, 1.165) is 5.39 Å². The third kappa shape index (κ3) is 0.988. The van der Waals surface area contributed by atoms with Gasteiger partial charge in [-0.3, -0.25) is 0 Å². The minimum atomic E-state index is 0.554. The average molecular weight is 188 g/mol. The first-order chi connectivity index (χ1) is 5.29. The SMILES string of the molecule is Clc1ccc(Cl)c2nocc12. The Morgan fingerprint density at radius 2 is 1.91 bits per heavy atom. The van der Waals surface area contributed by atoms with Gasteiger partial charge in [0.15, 0.2) is 0 Å². The van der Waals surface area contributed by atoms with Crippen molar-refractivity contribution in [2.24, 2.45) is 0 Å². The predicted molar refractivity (Wildman–Crippen MR) is 44.0 cm³/mol. The number of aromatic nitrogens is 1. The van der Waals surface area contributed by atoms with Crippen LogP contribution in [0.2, 0.25) is 10.0 Å². The summed E-state index contributed by atoms with van der Waals surface area (Å²) in [6, 6.07) is 3.40. The van der Waals surface area contributed by atoms with Gasteiger partial charge in [-0.2, -0.15) is 0 Å². The van der Waals surface area contributed by atoms with Crippen molar-refractivity contribution in [2.75, 3.05) is 0 Å². The summed E-state index contributed by atoms with van der Waals surface area (Å²) < 4.78 is 4.71. The van der Waals surface area contributed by atoms with Crippen LogP contribution in [0.15, 0.2) is 22.9 Å². The summed E-state index contributed by atoms with van der Waals surface area (Å²) in [7, 11) is 0. The van der Waals surface area contributed by atoms with E-state index in [1.54, 1.807) is 12.1 Å². The summed E-state index contributed by atoms with van der Waals surface area (Å²) in [5.41, 5.74) is 0.610. The molecule has 0 unspecified atom stereocenters. The van der Waals surface area contributed by atoms with Crippen molar-refractivity contribution in [3.05, 3.63) is 28.4 Å². The van der Waals surface area contributed by atoms with Gasteiger partial charge in [-0.25, -0.2) is 0 Å². The van der Waals surface area contributed by atoms with Crippen LogP contribution >= 0.6 is 23.2 Å². The van der Waals surface area contributed by atoms with E-state index in [2.05, 4.69) is 5.16 Å². The summed E-state index contributed by atoms with van der Waals surface area (Å²) in [6.45, 7) is 0. The fourth-order valence-electron chi connectivity index (χ4n) is 0.893. The van der Waals surface area contributed by atoms with E-state index in [4.69, 9.17) is 27.7 Å². The van der Waals surface area contributed by atoms with Gasteiger partial charge < -0.3 is 4.52 Å². The van der Waals surface area contributed by atoms with Gasteiger partial charge in [0, 0.05) is 0 Å². The highest BCUT2D eigenvalue weighted by atomic mass is 35.5. The van der Waals surface area contributed by atoms with Crippen LogP contribution in [-0.4, -0.2) is 5.16 Å². The first kappa shape index (κ1) is 6.95. The molecule has 1 heterocycles. The quantitative estimate of drug-likeness (QED) is 0.634. The molecule has 0 radical (unpaired) electrons. The first-order valence-corrected chi connectivity index (χ1v) is 3.73. The first-order valence-electron chi connectivity index (χ1n) is 2.97. The van der Waals surface area contributed by atoms with E-state index in [1.807, 2.05) is 0 Å². The van der Waals surface area contributed by atoms with Crippen LogP contribution in [0.4, 0.5) is 0 Å². The molecule has 0 saturated heterocycles. The van der Waals surface area contributed by atoms with Gasteiger partial charge in [0.05, 0.1) is 15.4 Å². The number of hydrogen-bond acceptors (Lipinski definition) is 2. The van der Waals surface area contributed by atoms with E-state index in [9.17, 15) is 0 Å². The third-order valence-corrected chi connectivity index (χ3v) is 2.06. The molecule has 0 aliphatic carbocycles. The number of rotatable bonds is 0. The van der Waals surface area contributed by atoms with Gasteiger partial charge in [0.2, 0.25) is 0 Å². The molecule has 0 bridgehead atoms. The smallest absolute Gasteiger partial charge is 0.133 e. The minimum Gasteiger partial charge on any atom is -0.363 e. The van der Waals surface area contributed by atoms with Gasteiger partial charge in [0.1, 0.15) is 11.8 Å². The van der Waals surface area contributed by atoms with Crippen molar-refractivity contribution in [3.8, 4) is 0 Å². The second kappa shape index (κ2) is 2.40. The van der Waals surface area contributed by atoms with Gasteiger partial charge in [0.25, 0.3) is 0 Å². The van der Waals surface area contributed by atoms with Gasteiger partial charge in [-0.05, 0) is 12.1 Å². The van der Waals surface area contributed by atoms with Crippen LogP contribution in [0.25, 0.3) is 10.9 Å². The molecule has 2 aromatic rings. The lowest BCUT2D eigenvalue weighted by Gasteiger charge is -1.91. The predicted octanol–water partition coefficient (Wildman–Crippen LogP) is 3.13. The molecule has 2 rings (SSSR count). The molecule has 0 amide bonds. The summed E-state index contributed by atoms with van der Waals surface area (Å²) in [4.78, 5) is 0. The molecule has 1 aromatic heterocycles. The Bertz CT molecular complexity index is 360. The largest absolute Gasteiger partial charge is 0.363 e. The third-order valence-electron chi connectivity index (χ3n) is 1.43. The summed E-state index contributed by atoms with van der Waals surface area (Å²) in [5, 5.41) is 5.59. The Hall–Kier alpha value is -0.730. The molecule has 0 saturated carbocycles. The van der Waals surface area contributed by atoms with Gasteiger partial charge in [-0.1, -0.05) is 28.4 Å². The van der Waals surface area contributed by atoms with Crippen LogP contribution in [0.5, 0.6) is 0 Å². The zero-order valence-corrected chi connectivity index (χ0v) is 6.86. The van der Waals surface area contributed by atoms with Crippen LogP contribution in [0.3, 0.4) is 0 Å². The van der Waals surface area contributed by atoms with Crippen LogP contribution in [-0.2, 0) is 0 Å². The van der Waals surface area contributed by atoms with Crippen molar-refractivity contribution in [1.82, 2.24) is 5.16 Å². The Morgan fingerprint density at radius 1 is 1.18 bits per heavy atom. The maximum Gasteiger partial charge on any atom is 0.133 e. The van der Waals surface area contributed by atoms with Gasteiger partial charge >= 0.3 is 0 Å². The van der Waals surface area contributed by atoms with Crippen molar-refractivity contribution < 1.29 is 4.52 Å². The molecule has 0 aliphatic heterocycles. The number of hydrogen-bond donors (Lipinski definition) is 0. The summed E-state index contributed by atoms with van der Waals surface area (Å²) in [5.74, 6) is 0. The molecule has 4 heteroatoms. The molecule has 0 N–H and O–H groups in total. The zero-order chi connectivity index (χ0) is 7.84. The normalized spacial score (nSPS) is 10.7. The van der Waals surface area contributed by atoms with Crippen LogP contribution < -0.4 is 0 Å². The maximum atomic E-state index is 5.81. The van der Waals surface area contributed by atoms with Crippen molar-refractivity contribution >= 4 is 34.1 Å². The van der Waals surface area contributed by atoms with Gasteiger partial charge in [-0.15, -0.1) is 0 Å². The van der Waals surface area contributed by atoms with E-state index in [0.29, 0.717) is 15.6 Å². The van der Waals surface area contributed by atoms with E-state index in [-0.39, 0.29) is 0 Å². The van der Waals surface area contributed by atoms with E-state index in [1.165, 1.54) is 6.26 Å². The molecular formula is C7H3Cl2NO. The Kier molecular flexibility index (Phi) is 1.51. The molecule has 11 heavy (non-hydrogen) atoms. The summed E-state index contributed by atoms with van der Waals surface area (Å²) in [6.07, 6.45) is 1.48. The average Bonchev–Trinajstić information content (AvgIpc) is 2.45. The highest BCUT2D eigenvalue weighted by molar-refractivity contribution is 6.39. The Labute approximate surface area is 72.7 Å². The standard InChI is InChI=1S/C7H3Cl2NO/c8-5-1-2-6(9)7-4(5)3-11-10-7/h1-3H. The van der Waals surface area contributed by atoms with E-state index >= 15 is 0 Å². The lowest BCUT2D eigenvalue weighted by Crippen LogP contribution is -1.70. The fraction of sp³-hybridized carbons (Fsp3) is 0. The molecule has 0 spiro atoms. The second-order valence-corrected chi connectivity index (χ2v) is 2.92. The van der Waals surface area contributed by atoms with Crippen LogP contribution in [0.1, 0.15) is 0 Å². The van der Waals surface area contributed by atoms with Crippen molar-refractivity contribution in [1.29, 1.82) is 0 Å². The summed E-state index contributed by atoms with van der Waals surface area (Å²) >= 11 is 11.6. The topological polar surface area (TPSA) is 26.0 Å². The molecular weight excluding hydrogens is 185 g/mol. The van der Waals surface area contributed by atoms with Crippen molar-refractivity contribution in [3.63, 3.8) is 0 Å². The monoisotopic (exact) mass is 187 g/mol. The number of benzene rings is 1. The zero-order valence-electron chi connectivity index (χ0n) is 5.34. The Balaban J connectivity index is 2.96. The molecule has 56 valence electrons. The molecule has 0 atom stereocenters. The molecule has 2 nitrogen and oxygen atoms in total. The van der Waals surface area contributed by atoms with E-state index < -0.39 is 0 Å². The maximum absolute atomic E-state index is 5.81. The highest BCUT2D eigenvalue weighted by Crippen LogP contribution is 2.27. The van der Waals surface area contributed by atoms with Crippen molar-refractivity contribution in [2.45, 2.75) is 0 Å².